The molecular formula is C13H21N3O2S. The van der Waals surface area contributed by atoms with Crippen LogP contribution < -0.4 is 4.90 Å². The highest BCUT2D eigenvalue weighted by Crippen LogP contribution is 2.29. The van der Waals surface area contributed by atoms with Crippen molar-refractivity contribution in [3.63, 3.8) is 0 Å². The second kappa shape index (κ2) is 5.88. The molecule has 1 aliphatic rings. The Kier molecular flexibility index (Phi) is 4.42. The quantitative estimate of drug-likeness (QED) is 0.774. The van der Waals surface area contributed by atoms with Crippen molar-refractivity contribution in [2.45, 2.75) is 26.3 Å². The molecule has 1 atom stereocenters. The molecule has 1 saturated heterocycles. The van der Waals surface area contributed by atoms with E-state index in [9.17, 15) is 4.79 Å². The summed E-state index contributed by atoms with van der Waals surface area (Å²) in [6, 6.07) is 0.406. The smallest absolute Gasteiger partial charge is 0.350 e. The predicted molar refractivity (Wildman–Crippen MR) is 77.1 cm³/mol. The summed E-state index contributed by atoms with van der Waals surface area (Å²) >= 11 is 1.43. The number of hydrogen-bond donors (Lipinski definition) is 0. The van der Waals surface area contributed by atoms with Gasteiger partial charge in [0.25, 0.3) is 0 Å². The Balaban J connectivity index is 2.23. The molecule has 2 rings (SSSR count). The third-order valence-electron chi connectivity index (χ3n) is 3.45. The molecule has 0 aromatic carbocycles. The highest BCUT2D eigenvalue weighted by Gasteiger charge is 2.25. The summed E-state index contributed by atoms with van der Waals surface area (Å²) in [7, 11) is 3.55. The Morgan fingerprint density at radius 3 is 2.89 bits per heavy atom. The van der Waals surface area contributed by atoms with Gasteiger partial charge in [0, 0.05) is 19.1 Å². The minimum absolute atomic E-state index is 0.291. The zero-order valence-corrected chi connectivity index (χ0v) is 12.8. The first-order valence-electron chi connectivity index (χ1n) is 6.54. The number of hydrogen-bond acceptors (Lipinski definition) is 6. The molecule has 1 aromatic rings. The van der Waals surface area contributed by atoms with E-state index in [1.165, 1.54) is 18.4 Å². The van der Waals surface area contributed by atoms with Gasteiger partial charge in [0.1, 0.15) is 4.88 Å². The van der Waals surface area contributed by atoms with Crippen LogP contribution in [0.2, 0.25) is 0 Å². The Morgan fingerprint density at radius 1 is 1.47 bits per heavy atom. The van der Waals surface area contributed by atoms with Gasteiger partial charge < -0.3 is 14.5 Å². The van der Waals surface area contributed by atoms with Gasteiger partial charge in [-0.1, -0.05) is 11.3 Å². The third-order valence-corrected chi connectivity index (χ3v) is 4.62. The standard InChI is InChI=1S/C13H21N3O2S/c1-9-8-15(3)6-5-7-16(9)13-14-10(2)11(19-13)12(17)18-4/h9H,5-8H2,1-4H3. The lowest BCUT2D eigenvalue weighted by molar-refractivity contribution is 0.0605. The first-order valence-corrected chi connectivity index (χ1v) is 7.35. The highest BCUT2D eigenvalue weighted by molar-refractivity contribution is 7.17. The molecule has 0 amide bonds. The molecule has 1 unspecified atom stereocenters. The van der Waals surface area contributed by atoms with Crippen LogP contribution in [0.25, 0.3) is 0 Å². The van der Waals surface area contributed by atoms with Crippen LogP contribution in [0.4, 0.5) is 5.13 Å². The summed E-state index contributed by atoms with van der Waals surface area (Å²) in [5, 5.41) is 0.931. The molecule has 0 spiro atoms. The highest BCUT2D eigenvalue weighted by atomic mass is 32.1. The van der Waals surface area contributed by atoms with Gasteiger partial charge in [0.05, 0.1) is 12.8 Å². The minimum atomic E-state index is -0.291. The number of thiazole rings is 1. The minimum Gasteiger partial charge on any atom is -0.465 e. The summed E-state index contributed by atoms with van der Waals surface area (Å²) in [5.41, 5.74) is 0.761. The molecular weight excluding hydrogens is 262 g/mol. The molecule has 0 radical (unpaired) electrons. The zero-order chi connectivity index (χ0) is 14.0. The van der Waals surface area contributed by atoms with Crippen LogP contribution >= 0.6 is 11.3 Å². The van der Waals surface area contributed by atoms with Gasteiger partial charge in [0.15, 0.2) is 5.13 Å². The number of rotatable bonds is 2. The molecule has 0 N–H and O–H groups in total. The van der Waals surface area contributed by atoms with E-state index in [1.807, 2.05) is 6.92 Å². The molecule has 2 heterocycles. The number of likely N-dealkylation sites (N-methyl/N-ethyl adjacent to an activating group) is 1. The van der Waals surface area contributed by atoms with Crippen molar-refractivity contribution in [3.05, 3.63) is 10.6 Å². The molecule has 1 fully saturated rings. The van der Waals surface area contributed by atoms with Crippen molar-refractivity contribution in [2.24, 2.45) is 0 Å². The van der Waals surface area contributed by atoms with Crippen molar-refractivity contribution < 1.29 is 9.53 Å². The van der Waals surface area contributed by atoms with Gasteiger partial charge in [-0.25, -0.2) is 9.78 Å². The van der Waals surface area contributed by atoms with Crippen LogP contribution in [0.3, 0.4) is 0 Å². The fourth-order valence-corrected chi connectivity index (χ4v) is 3.56. The Labute approximate surface area is 118 Å². The molecule has 0 aliphatic carbocycles. The van der Waals surface area contributed by atoms with Gasteiger partial charge in [-0.3, -0.25) is 0 Å². The average Bonchev–Trinajstić information content (AvgIpc) is 2.66. The number of nitrogens with zero attached hydrogens (tertiary/aromatic N) is 3. The molecule has 19 heavy (non-hydrogen) atoms. The number of ether oxygens (including phenoxy) is 1. The van der Waals surface area contributed by atoms with E-state index in [1.54, 1.807) is 0 Å². The van der Waals surface area contributed by atoms with Crippen LogP contribution in [-0.2, 0) is 4.74 Å². The Bertz CT molecular complexity index is 461. The summed E-state index contributed by atoms with van der Waals surface area (Å²) in [6.07, 6.45) is 1.12. The number of esters is 1. The van der Waals surface area contributed by atoms with Gasteiger partial charge in [-0.15, -0.1) is 0 Å². The number of methoxy groups -OCH3 is 1. The van der Waals surface area contributed by atoms with Gasteiger partial charge >= 0.3 is 5.97 Å². The lowest BCUT2D eigenvalue weighted by Gasteiger charge is -2.27. The van der Waals surface area contributed by atoms with E-state index in [2.05, 4.69) is 28.8 Å². The van der Waals surface area contributed by atoms with Crippen molar-refractivity contribution in [1.82, 2.24) is 9.88 Å². The van der Waals surface area contributed by atoms with E-state index in [0.29, 0.717) is 10.9 Å². The fraction of sp³-hybridized carbons (Fsp3) is 0.692. The third kappa shape index (κ3) is 3.06. The predicted octanol–water partition coefficient (Wildman–Crippen LogP) is 1.77. The first kappa shape index (κ1) is 14.3. The zero-order valence-electron chi connectivity index (χ0n) is 12.0. The lowest BCUT2D eigenvalue weighted by atomic mass is 10.3. The summed E-state index contributed by atoms with van der Waals surface area (Å²) in [4.78, 5) is 21.5. The largest absolute Gasteiger partial charge is 0.465 e. The normalized spacial score (nSPS) is 21.3. The van der Waals surface area contributed by atoms with Crippen LogP contribution in [0.15, 0.2) is 0 Å². The number of carbonyl (C=O) groups is 1. The number of anilines is 1. The molecule has 1 aliphatic heterocycles. The summed E-state index contributed by atoms with van der Waals surface area (Å²) < 4.78 is 4.79. The second-order valence-corrected chi connectivity index (χ2v) is 6.04. The van der Waals surface area contributed by atoms with E-state index < -0.39 is 0 Å². The first-order chi connectivity index (χ1) is 9.02. The molecule has 0 saturated carbocycles. The lowest BCUT2D eigenvalue weighted by Crippen LogP contribution is -2.37. The molecule has 1 aromatic heterocycles. The summed E-state index contributed by atoms with van der Waals surface area (Å²) in [6.45, 7) is 7.18. The Hall–Kier alpha value is -1.14. The molecule has 6 heteroatoms. The van der Waals surface area contributed by atoms with Gasteiger partial charge in [-0.05, 0) is 33.9 Å². The fourth-order valence-electron chi connectivity index (χ4n) is 2.44. The average molecular weight is 283 g/mol. The van der Waals surface area contributed by atoms with Crippen molar-refractivity contribution >= 4 is 22.4 Å². The van der Waals surface area contributed by atoms with Crippen molar-refractivity contribution in [1.29, 1.82) is 0 Å². The van der Waals surface area contributed by atoms with E-state index in [0.717, 1.165) is 36.9 Å². The van der Waals surface area contributed by atoms with E-state index in [-0.39, 0.29) is 5.97 Å². The maximum atomic E-state index is 11.7. The monoisotopic (exact) mass is 283 g/mol. The van der Waals surface area contributed by atoms with Crippen LogP contribution in [-0.4, -0.2) is 55.7 Å². The van der Waals surface area contributed by atoms with Gasteiger partial charge in [0.2, 0.25) is 0 Å². The van der Waals surface area contributed by atoms with Crippen LogP contribution in [0.1, 0.15) is 28.7 Å². The van der Waals surface area contributed by atoms with E-state index in [4.69, 9.17) is 4.74 Å². The Morgan fingerprint density at radius 2 is 2.21 bits per heavy atom. The molecule has 106 valence electrons. The summed E-state index contributed by atoms with van der Waals surface area (Å²) in [5.74, 6) is -0.291. The molecule has 0 bridgehead atoms. The van der Waals surface area contributed by atoms with Crippen LogP contribution in [0, 0.1) is 6.92 Å². The number of aryl methyl sites for hydroxylation is 1. The number of carbonyl (C=O) groups excluding carboxylic acids is 1. The van der Waals surface area contributed by atoms with Crippen molar-refractivity contribution in [3.8, 4) is 0 Å². The second-order valence-electron chi connectivity index (χ2n) is 5.06. The van der Waals surface area contributed by atoms with Crippen LogP contribution in [0.5, 0.6) is 0 Å². The van der Waals surface area contributed by atoms with E-state index >= 15 is 0 Å². The maximum Gasteiger partial charge on any atom is 0.350 e. The number of aromatic nitrogens is 1. The molecule has 5 nitrogen and oxygen atoms in total. The van der Waals surface area contributed by atoms with Gasteiger partial charge in [-0.2, -0.15) is 0 Å². The topological polar surface area (TPSA) is 45.7 Å². The maximum absolute atomic E-state index is 11.7. The van der Waals surface area contributed by atoms with Crippen molar-refractivity contribution in [2.75, 3.05) is 38.7 Å². The SMILES string of the molecule is COC(=O)c1sc(N2CCCN(C)CC2C)nc1C.